The molecule has 0 radical (unpaired) electrons. The van der Waals surface area contributed by atoms with Crippen LogP contribution in [0.3, 0.4) is 0 Å². The van der Waals surface area contributed by atoms with Crippen LogP contribution in [0.4, 0.5) is 0 Å². The SMILES string of the molecule is CC(C)c1cn(-c2ccccc2)c2sc3ccc(-c4cccc5nc(C(C)C)n(-c6ccccc6)c45)nc3c12. The van der Waals surface area contributed by atoms with Crippen molar-refractivity contribution in [3.05, 3.63) is 109 Å². The molecular formula is C34H30N4S. The molecule has 0 N–H and O–H groups in total. The standard InChI is InChI=1S/C34H30N4S/c1-21(2)26-20-37(23-12-7-5-8-13-23)34-30(26)31-29(39-34)19-18-27(35-31)25-16-11-17-28-32(25)38(33(36-28)22(3)4)24-14-9-6-10-15-24/h5-22H,1-4H3. The maximum atomic E-state index is 5.38. The first-order chi connectivity index (χ1) is 19.0. The monoisotopic (exact) mass is 526 g/mol. The third-order valence-electron chi connectivity index (χ3n) is 7.46. The molecule has 0 amide bonds. The zero-order valence-electron chi connectivity index (χ0n) is 22.6. The van der Waals surface area contributed by atoms with Crippen LogP contribution in [0.25, 0.3) is 54.1 Å². The summed E-state index contributed by atoms with van der Waals surface area (Å²) in [5, 5.41) is 1.27. The van der Waals surface area contributed by atoms with Gasteiger partial charge in [0.15, 0.2) is 0 Å². The molecule has 0 bridgehead atoms. The maximum Gasteiger partial charge on any atom is 0.117 e. The molecule has 7 rings (SSSR count). The largest absolute Gasteiger partial charge is 0.308 e. The quantitative estimate of drug-likeness (QED) is 0.224. The molecule has 3 aromatic carbocycles. The molecule has 0 saturated heterocycles. The lowest BCUT2D eigenvalue weighted by Crippen LogP contribution is -2.03. The number of pyridine rings is 1. The van der Waals surface area contributed by atoms with Gasteiger partial charge in [-0.15, -0.1) is 11.3 Å². The van der Waals surface area contributed by atoms with Gasteiger partial charge < -0.3 is 4.57 Å². The van der Waals surface area contributed by atoms with E-state index in [1.807, 2.05) is 11.3 Å². The minimum atomic E-state index is 0.281. The second-order valence-corrected chi connectivity index (χ2v) is 11.8. The Bertz CT molecular complexity index is 1960. The van der Waals surface area contributed by atoms with Crippen molar-refractivity contribution in [1.29, 1.82) is 0 Å². The Hall–Kier alpha value is -4.22. The van der Waals surface area contributed by atoms with Crippen LogP contribution >= 0.6 is 11.3 Å². The van der Waals surface area contributed by atoms with Crippen LogP contribution in [-0.4, -0.2) is 19.1 Å². The van der Waals surface area contributed by atoms with Crippen molar-refractivity contribution in [2.45, 2.75) is 39.5 Å². The van der Waals surface area contributed by atoms with Crippen molar-refractivity contribution in [2.24, 2.45) is 0 Å². The van der Waals surface area contributed by atoms with Crippen molar-refractivity contribution in [1.82, 2.24) is 19.1 Å². The molecule has 39 heavy (non-hydrogen) atoms. The minimum absolute atomic E-state index is 0.281. The molecule has 0 aliphatic rings. The second kappa shape index (κ2) is 9.21. The van der Waals surface area contributed by atoms with Crippen LogP contribution < -0.4 is 0 Å². The van der Waals surface area contributed by atoms with Crippen molar-refractivity contribution >= 4 is 42.8 Å². The number of fused-ring (bicyclic) bond motifs is 4. The van der Waals surface area contributed by atoms with Crippen molar-refractivity contribution < 1.29 is 0 Å². The Kier molecular flexibility index (Phi) is 5.64. The fourth-order valence-electron chi connectivity index (χ4n) is 5.60. The number of imidazole rings is 1. The number of benzene rings is 3. The summed E-state index contributed by atoms with van der Waals surface area (Å²) in [6.45, 7) is 8.95. The van der Waals surface area contributed by atoms with Crippen LogP contribution in [0.15, 0.2) is 97.2 Å². The summed E-state index contributed by atoms with van der Waals surface area (Å²) in [5.74, 6) is 1.73. The number of para-hydroxylation sites is 3. The summed E-state index contributed by atoms with van der Waals surface area (Å²) >= 11 is 1.82. The first-order valence-corrected chi connectivity index (χ1v) is 14.4. The third-order valence-corrected chi connectivity index (χ3v) is 8.60. The predicted molar refractivity (Wildman–Crippen MR) is 165 cm³/mol. The number of rotatable bonds is 5. The average Bonchev–Trinajstić information content (AvgIpc) is 3.64. The van der Waals surface area contributed by atoms with Gasteiger partial charge in [0.1, 0.15) is 10.7 Å². The van der Waals surface area contributed by atoms with E-state index < -0.39 is 0 Å². The molecule has 4 nitrogen and oxygen atoms in total. The van der Waals surface area contributed by atoms with Gasteiger partial charge in [-0.3, -0.25) is 4.57 Å². The van der Waals surface area contributed by atoms with E-state index in [2.05, 4.69) is 134 Å². The molecule has 0 aliphatic heterocycles. The van der Waals surface area contributed by atoms with Crippen LogP contribution in [0.2, 0.25) is 0 Å². The molecule has 5 heteroatoms. The van der Waals surface area contributed by atoms with E-state index in [0.29, 0.717) is 5.92 Å². The van der Waals surface area contributed by atoms with Gasteiger partial charge in [-0.1, -0.05) is 76.2 Å². The van der Waals surface area contributed by atoms with Gasteiger partial charge in [0, 0.05) is 34.4 Å². The first-order valence-electron chi connectivity index (χ1n) is 13.6. The number of hydrogen-bond donors (Lipinski definition) is 0. The summed E-state index contributed by atoms with van der Waals surface area (Å²) in [6.07, 6.45) is 2.30. The maximum absolute atomic E-state index is 5.38. The Labute approximate surface area is 232 Å². The molecule has 0 saturated carbocycles. The Morgan fingerprint density at radius 2 is 1.41 bits per heavy atom. The zero-order chi connectivity index (χ0) is 26.7. The topological polar surface area (TPSA) is 35.6 Å². The van der Waals surface area contributed by atoms with Gasteiger partial charge in [0.25, 0.3) is 0 Å². The van der Waals surface area contributed by atoms with E-state index in [-0.39, 0.29) is 5.92 Å². The molecule has 7 aromatic rings. The number of hydrogen-bond acceptors (Lipinski definition) is 3. The number of aromatic nitrogens is 4. The van der Waals surface area contributed by atoms with Crippen molar-refractivity contribution in [2.75, 3.05) is 0 Å². The van der Waals surface area contributed by atoms with E-state index >= 15 is 0 Å². The molecule has 0 aliphatic carbocycles. The summed E-state index contributed by atoms with van der Waals surface area (Å²) in [7, 11) is 0. The lowest BCUT2D eigenvalue weighted by molar-refractivity contribution is 0.760. The number of thiophene rings is 1. The third kappa shape index (κ3) is 3.80. The van der Waals surface area contributed by atoms with Crippen LogP contribution in [0.1, 0.15) is 50.9 Å². The normalized spacial score (nSPS) is 12.1. The highest BCUT2D eigenvalue weighted by Gasteiger charge is 2.22. The summed E-state index contributed by atoms with van der Waals surface area (Å²) in [6, 6.07) is 32.0. The molecule has 4 heterocycles. The summed E-state index contributed by atoms with van der Waals surface area (Å²) in [5.41, 5.74) is 8.90. The Morgan fingerprint density at radius 3 is 2.10 bits per heavy atom. The lowest BCUT2D eigenvalue weighted by Gasteiger charge is -2.13. The fraction of sp³-hybridized carbons (Fsp3) is 0.176. The van der Waals surface area contributed by atoms with Gasteiger partial charge in [-0.2, -0.15) is 0 Å². The highest BCUT2D eigenvalue weighted by molar-refractivity contribution is 7.25. The van der Waals surface area contributed by atoms with Gasteiger partial charge >= 0.3 is 0 Å². The molecule has 0 spiro atoms. The van der Waals surface area contributed by atoms with E-state index in [1.165, 1.54) is 26.2 Å². The Morgan fingerprint density at radius 1 is 0.692 bits per heavy atom. The van der Waals surface area contributed by atoms with Gasteiger partial charge in [0.05, 0.1) is 26.9 Å². The molecule has 0 fully saturated rings. The Balaban J connectivity index is 1.51. The molecule has 192 valence electrons. The smallest absolute Gasteiger partial charge is 0.117 e. The summed E-state index contributed by atoms with van der Waals surface area (Å²) in [4.78, 5) is 11.7. The first kappa shape index (κ1) is 23.9. The van der Waals surface area contributed by atoms with E-state index in [1.54, 1.807) is 0 Å². The van der Waals surface area contributed by atoms with Crippen LogP contribution in [-0.2, 0) is 0 Å². The predicted octanol–water partition coefficient (Wildman–Crippen LogP) is 9.49. The van der Waals surface area contributed by atoms with Gasteiger partial charge in [-0.25, -0.2) is 9.97 Å². The van der Waals surface area contributed by atoms with Crippen molar-refractivity contribution in [3.63, 3.8) is 0 Å². The fourth-order valence-corrected chi connectivity index (χ4v) is 6.76. The highest BCUT2D eigenvalue weighted by atomic mass is 32.1. The minimum Gasteiger partial charge on any atom is -0.308 e. The van der Waals surface area contributed by atoms with Crippen LogP contribution in [0.5, 0.6) is 0 Å². The van der Waals surface area contributed by atoms with E-state index in [0.717, 1.165) is 39.3 Å². The highest BCUT2D eigenvalue weighted by Crippen LogP contribution is 2.42. The molecular weight excluding hydrogens is 496 g/mol. The molecule has 0 atom stereocenters. The van der Waals surface area contributed by atoms with E-state index in [9.17, 15) is 0 Å². The second-order valence-electron chi connectivity index (χ2n) is 10.7. The molecule has 0 unspecified atom stereocenters. The van der Waals surface area contributed by atoms with Gasteiger partial charge in [-0.05, 0) is 53.9 Å². The number of nitrogens with zero attached hydrogens (tertiary/aromatic N) is 4. The van der Waals surface area contributed by atoms with Gasteiger partial charge in [0.2, 0.25) is 0 Å². The van der Waals surface area contributed by atoms with Crippen LogP contribution in [0, 0.1) is 0 Å². The molecule has 4 aromatic heterocycles. The zero-order valence-corrected chi connectivity index (χ0v) is 23.4. The summed E-state index contributed by atoms with van der Waals surface area (Å²) < 4.78 is 5.86. The van der Waals surface area contributed by atoms with Crippen molar-refractivity contribution in [3.8, 4) is 22.6 Å². The lowest BCUT2D eigenvalue weighted by atomic mass is 10.0. The average molecular weight is 527 g/mol. The van der Waals surface area contributed by atoms with E-state index in [4.69, 9.17) is 9.97 Å².